The van der Waals surface area contributed by atoms with Crippen LogP contribution in [0, 0.1) is 11.3 Å². The van der Waals surface area contributed by atoms with Crippen LogP contribution in [-0.4, -0.2) is 23.4 Å². The monoisotopic (exact) mass is 236 g/mol. The number of carbonyl (C=O) groups is 1. The molecule has 0 spiro atoms. The van der Waals surface area contributed by atoms with Gasteiger partial charge in [-0.3, -0.25) is 4.79 Å². The Morgan fingerprint density at radius 1 is 1.62 bits per heavy atom. The molecule has 1 aromatic carbocycles. The number of carboxylic acid groups (broad SMARTS) is 1. The summed E-state index contributed by atoms with van der Waals surface area (Å²) < 4.78 is 0. The Morgan fingerprint density at radius 2 is 2.31 bits per heavy atom. The van der Waals surface area contributed by atoms with Crippen LogP contribution in [0.25, 0.3) is 0 Å². The van der Waals surface area contributed by atoms with Crippen molar-refractivity contribution in [3.63, 3.8) is 0 Å². The van der Waals surface area contributed by atoms with Gasteiger partial charge in [0.2, 0.25) is 0 Å². The van der Waals surface area contributed by atoms with Crippen LogP contribution in [-0.2, 0) is 4.79 Å². The number of benzene rings is 1. The van der Waals surface area contributed by atoms with Gasteiger partial charge < -0.3 is 10.4 Å². The zero-order chi connectivity index (χ0) is 12.1. The molecule has 84 valence electrons. The number of carboxylic acids is 1. The second-order valence-electron chi connectivity index (χ2n) is 3.20. The molecule has 0 bridgehead atoms. The van der Waals surface area contributed by atoms with Gasteiger partial charge >= 0.3 is 5.97 Å². The Balaban J connectivity index is 3.05. The average Bonchev–Trinajstić information content (AvgIpc) is 2.28. The van der Waals surface area contributed by atoms with E-state index in [0.717, 1.165) is 4.90 Å². The maximum atomic E-state index is 10.7. The number of rotatable bonds is 4. The molecule has 2 N–H and O–H groups in total. The summed E-state index contributed by atoms with van der Waals surface area (Å²) in [5.74, 6) is -0.946. The van der Waals surface area contributed by atoms with Crippen LogP contribution in [0.1, 0.15) is 12.5 Å². The van der Waals surface area contributed by atoms with E-state index >= 15 is 0 Å². The highest BCUT2D eigenvalue weighted by Gasteiger charge is 2.14. The average molecular weight is 236 g/mol. The predicted molar refractivity (Wildman–Crippen MR) is 63.7 cm³/mol. The van der Waals surface area contributed by atoms with Crippen LogP contribution in [0.4, 0.5) is 5.69 Å². The van der Waals surface area contributed by atoms with E-state index in [-0.39, 0.29) is 0 Å². The molecule has 5 heteroatoms. The highest BCUT2D eigenvalue weighted by Crippen LogP contribution is 2.26. The van der Waals surface area contributed by atoms with Gasteiger partial charge in [0.05, 0.1) is 11.3 Å². The second-order valence-corrected chi connectivity index (χ2v) is 4.05. The van der Waals surface area contributed by atoms with Gasteiger partial charge in [-0.25, -0.2) is 0 Å². The van der Waals surface area contributed by atoms with Crippen molar-refractivity contribution in [2.75, 3.05) is 11.6 Å². The van der Waals surface area contributed by atoms with E-state index in [2.05, 4.69) is 11.4 Å². The number of anilines is 1. The molecule has 0 aliphatic carbocycles. The molecule has 0 fully saturated rings. The molecule has 16 heavy (non-hydrogen) atoms. The van der Waals surface area contributed by atoms with E-state index in [0.29, 0.717) is 11.3 Å². The van der Waals surface area contributed by atoms with Crippen LogP contribution in [0.5, 0.6) is 0 Å². The van der Waals surface area contributed by atoms with Crippen molar-refractivity contribution in [1.29, 1.82) is 5.26 Å². The molecule has 0 saturated carbocycles. The minimum atomic E-state index is -0.946. The van der Waals surface area contributed by atoms with E-state index < -0.39 is 12.0 Å². The van der Waals surface area contributed by atoms with Gasteiger partial charge in [-0.1, -0.05) is 6.07 Å². The number of hydrogen-bond donors (Lipinski definition) is 2. The Kier molecular flexibility index (Phi) is 4.20. The van der Waals surface area contributed by atoms with Crippen molar-refractivity contribution in [1.82, 2.24) is 0 Å². The fourth-order valence-corrected chi connectivity index (χ4v) is 1.81. The lowest BCUT2D eigenvalue weighted by Crippen LogP contribution is -2.25. The Bertz CT molecular complexity index is 440. The molecular formula is C11H12N2O2S. The minimum Gasteiger partial charge on any atom is -0.480 e. The molecule has 0 heterocycles. The first-order chi connectivity index (χ1) is 7.60. The topological polar surface area (TPSA) is 73.1 Å². The maximum Gasteiger partial charge on any atom is 0.325 e. The fraction of sp³-hybridized carbons (Fsp3) is 0.273. The minimum absolute atomic E-state index is 0.489. The number of nitrogens with zero attached hydrogens (tertiary/aromatic N) is 1. The predicted octanol–water partition coefficient (Wildman–Crippen LogP) is 2.17. The molecule has 0 amide bonds. The lowest BCUT2D eigenvalue weighted by Gasteiger charge is -2.13. The van der Waals surface area contributed by atoms with E-state index in [1.54, 1.807) is 12.1 Å². The van der Waals surface area contributed by atoms with E-state index in [1.165, 1.54) is 18.7 Å². The van der Waals surface area contributed by atoms with Gasteiger partial charge in [0.1, 0.15) is 12.1 Å². The molecule has 1 rings (SSSR count). The lowest BCUT2D eigenvalue weighted by molar-refractivity contribution is -0.137. The van der Waals surface area contributed by atoms with Crippen molar-refractivity contribution < 1.29 is 9.90 Å². The van der Waals surface area contributed by atoms with Crippen molar-refractivity contribution in [3.05, 3.63) is 23.8 Å². The van der Waals surface area contributed by atoms with Crippen molar-refractivity contribution in [3.8, 4) is 6.07 Å². The molecular weight excluding hydrogens is 224 g/mol. The summed E-state index contributed by atoms with van der Waals surface area (Å²) in [6.07, 6.45) is 1.88. The van der Waals surface area contributed by atoms with Gasteiger partial charge in [0.15, 0.2) is 0 Å². The first kappa shape index (κ1) is 12.4. The van der Waals surface area contributed by atoms with E-state index in [9.17, 15) is 4.79 Å². The summed E-state index contributed by atoms with van der Waals surface area (Å²) in [7, 11) is 0. The van der Waals surface area contributed by atoms with Crippen molar-refractivity contribution >= 4 is 23.4 Å². The van der Waals surface area contributed by atoms with Crippen molar-refractivity contribution in [2.24, 2.45) is 0 Å². The summed E-state index contributed by atoms with van der Waals surface area (Å²) in [5.41, 5.74) is 1.05. The fourth-order valence-electron chi connectivity index (χ4n) is 1.23. The van der Waals surface area contributed by atoms with Crippen molar-refractivity contribution in [2.45, 2.75) is 17.9 Å². The quantitative estimate of drug-likeness (QED) is 0.784. The molecule has 1 unspecified atom stereocenters. The van der Waals surface area contributed by atoms with E-state index in [4.69, 9.17) is 10.4 Å². The number of hydrogen-bond acceptors (Lipinski definition) is 4. The summed E-state index contributed by atoms with van der Waals surface area (Å²) >= 11 is 1.46. The van der Waals surface area contributed by atoms with Crippen LogP contribution in [0.15, 0.2) is 23.1 Å². The third-order valence-corrected chi connectivity index (χ3v) is 2.88. The maximum absolute atomic E-state index is 10.7. The molecule has 4 nitrogen and oxygen atoms in total. The Morgan fingerprint density at radius 3 is 2.81 bits per heavy atom. The largest absolute Gasteiger partial charge is 0.480 e. The van der Waals surface area contributed by atoms with Gasteiger partial charge in [0, 0.05) is 4.90 Å². The highest BCUT2D eigenvalue weighted by atomic mass is 32.2. The van der Waals surface area contributed by atoms with Gasteiger partial charge in [-0.05, 0) is 25.3 Å². The van der Waals surface area contributed by atoms with Crippen LogP contribution >= 0.6 is 11.8 Å². The summed E-state index contributed by atoms with van der Waals surface area (Å²) in [4.78, 5) is 11.5. The molecule has 1 aromatic rings. The van der Waals surface area contributed by atoms with E-state index in [1.807, 2.05) is 12.3 Å². The first-order valence-electron chi connectivity index (χ1n) is 4.66. The number of thioether (sulfide) groups is 1. The summed E-state index contributed by atoms with van der Waals surface area (Å²) in [6.45, 7) is 1.54. The number of nitrogens with one attached hydrogen (secondary N) is 1. The molecule has 0 aliphatic rings. The summed E-state index contributed by atoms with van der Waals surface area (Å²) in [6, 6.07) is 6.70. The SMILES string of the molecule is CSc1cccc(NC(C)C(=O)O)c1C#N. The normalized spacial score (nSPS) is 11.6. The lowest BCUT2D eigenvalue weighted by atomic mass is 10.1. The third-order valence-electron chi connectivity index (χ3n) is 2.10. The zero-order valence-corrected chi connectivity index (χ0v) is 9.84. The molecule has 0 aromatic heterocycles. The molecule has 0 aliphatic heterocycles. The first-order valence-corrected chi connectivity index (χ1v) is 5.89. The Labute approximate surface area is 98.3 Å². The molecule has 0 saturated heterocycles. The third kappa shape index (κ3) is 2.67. The van der Waals surface area contributed by atoms with Crippen LogP contribution in [0.3, 0.4) is 0 Å². The molecule has 1 atom stereocenters. The zero-order valence-electron chi connectivity index (χ0n) is 9.02. The van der Waals surface area contributed by atoms with Crippen LogP contribution in [0.2, 0.25) is 0 Å². The second kappa shape index (κ2) is 5.42. The number of nitriles is 1. The van der Waals surface area contributed by atoms with Gasteiger partial charge in [-0.2, -0.15) is 5.26 Å². The van der Waals surface area contributed by atoms with Gasteiger partial charge in [-0.15, -0.1) is 11.8 Å². The highest BCUT2D eigenvalue weighted by molar-refractivity contribution is 7.98. The number of aliphatic carboxylic acids is 1. The smallest absolute Gasteiger partial charge is 0.325 e. The van der Waals surface area contributed by atoms with Gasteiger partial charge in [0.25, 0.3) is 0 Å². The molecule has 0 radical (unpaired) electrons. The standard InChI is InChI=1S/C11H12N2O2S/c1-7(11(14)15)13-9-4-3-5-10(16-2)8(9)6-12/h3-5,7,13H,1-2H3,(H,14,15). The Hall–Kier alpha value is -1.67. The summed E-state index contributed by atoms with van der Waals surface area (Å²) in [5, 5.41) is 20.6. The van der Waals surface area contributed by atoms with Crippen LogP contribution < -0.4 is 5.32 Å².